The summed E-state index contributed by atoms with van der Waals surface area (Å²) in [5.74, 6) is -0.436. The molecule has 0 atom stereocenters. The van der Waals surface area contributed by atoms with Crippen LogP contribution in [0.15, 0.2) is 40.5 Å². The van der Waals surface area contributed by atoms with E-state index in [1.54, 1.807) is 25.1 Å². The van der Waals surface area contributed by atoms with Gasteiger partial charge in [0.25, 0.3) is 5.56 Å². The first-order valence-electron chi connectivity index (χ1n) is 11.9. The van der Waals surface area contributed by atoms with E-state index in [2.05, 4.69) is 15.0 Å². The molecule has 0 saturated heterocycles. The summed E-state index contributed by atoms with van der Waals surface area (Å²) in [6, 6.07) is 7.66. The van der Waals surface area contributed by atoms with Crippen molar-refractivity contribution in [2.45, 2.75) is 33.5 Å². The van der Waals surface area contributed by atoms with Crippen LogP contribution >= 0.6 is 22.9 Å². The number of alkyl halides is 3. The normalized spacial score (nSPS) is 11.9. The molecule has 5 rings (SSSR count). The first kappa shape index (κ1) is 27.5. The molecule has 5 aromatic rings. The van der Waals surface area contributed by atoms with Gasteiger partial charge in [-0.15, -0.1) is 11.3 Å². The zero-order valence-corrected chi connectivity index (χ0v) is 22.8. The molecule has 40 heavy (non-hydrogen) atoms. The molecule has 0 aliphatic heterocycles. The van der Waals surface area contributed by atoms with E-state index < -0.39 is 23.3 Å². The van der Waals surface area contributed by atoms with Gasteiger partial charge in [0.2, 0.25) is 0 Å². The predicted octanol–water partition coefficient (Wildman–Crippen LogP) is 6.44. The number of aromatic carboxylic acids is 1. The van der Waals surface area contributed by atoms with Crippen LogP contribution in [-0.2, 0) is 12.7 Å². The summed E-state index contributed by atoms with van der Waals surface area (Å²) < 4.78 is 47.9. The number of ether oxygens (including phenoxy) is 1. The van der Waals surface area contributed by atoms with Gasteiger partial charge in [0.15, 0.2) is 5.52 Å². The highest BCUT2D eigenvalue weighted by Gasteiger charge is 2.34. The fourth-order valence-corrected chi connectivity index (χ4v) is 5.65. The standard InChI is InChI=1S/C27H20ClF3N4O4S/c1-12-8-17(24-22(32-12)18(11-40-24)26(37)38)16-9-15(28)4-5-21(16)39-7-6-35-14(3)34-20-10-19(27(29,30)31)13(2)33-23(20)25(35)36/h4-5,8-11H,6-7H2,1-3H3,(H,37,38). The molecule has 13 heteroatoms. The summed E-state index contributed by atoms with van der Waals surface area (Å²) in [4.78, 5) is 37.3. The van der Waals surface area contributed by atoms with Gasteiger partial charge in [-0.1, -0.05) is 11.6 Å². The molecular weight excluding hydrogens is 569 g/mol. The highest BCUT2D eigenvalue weighted by atomic mass is 35.5. The lowest BCUT2D eigenvalue weighted by atomic mass is 10.0. The number of fused-ring (bicyclic) bond motifs is 2. The Morgan fingerprint density at radius 2 is 1.82 bits per heavy atom. The van der Waals surface area contributed by atoms with Crippen LogP contribution in [0, 0.1) is 20.8 Å². The molecule has 0 aliphatic rings. The Hall–Kier alpha value is -4.03. The minimum Gasteiger partial charge on any atom is -0.491 e. The molecule has 0 amide bonds. The van der Waals surface area contributed by atoms with E-state index in [1.807, 2.05) is 6.07 Å². The van der Waals surface area contributed by atoms with E-state index in [9.17, 15) is 27.9 Å². The number of hydrogen-bond donors (Lipinski definition) is 1. The van der Waals surface area contributed by atoms with Crippen LogP contribution in [0.2, 0.25) is 5.02 Å². The van der Waals surface area contributed by atoms with Crippen molar-refractivity contribution >= 4 is 50.2 Å². The fraction of sp³-hybridized carbons (Fsp3) is 0.222. The van der Waals surface area contributed by atoms with E-state index in [4.69, 9.17) is 16.3 Å². The minimum atomic E-state index is -4.61. The number of carboxylic acid groups (broad SMARTS) is 1. The summed E-state index contributed by atoms with van der Waals surface area (Å²) in [7, 11) is 0. The van der Waals surface area contributed by atoms with Gasteiger partial charge in [-0.2, -0.15) is 13.2 Å². The summed E-state index contributed by atoms with van der Waals surface area (Å²) in [6.45, 7) is 4.54. The van der Waals surface area contributed by atoms with Gasteiger partial charge < -0.3 is 9.84 Å². The molecule has 4 aromatic heterocycles. The topological polar surface area (TPSA) is 107 Å². The number of hydrogen-bond acceptors (Lipinski definition) is 7. The molecule has 0 fully saturated rings. The van der Waals surface area contributed by atoms with Crippen molar-refractivity contribution in [3.63, 3.8) is 0 Å². The first-order valence-corrected chi connectivity index (χ1v) is 13.1. The predicted molar refractivity (Wildman–Crippen MR) is 146 cm³/mol. The monoisotopic (exact) mass is 588 g/mol. The number of nitrogens with zero attached hydrogens (tertiary/aromatic N) is 4. The highest BCUT2D eigenvalue weighted by molar-refractivity contribution is 7.18. The maximum Gasteiger partial charge on any atom is 0.418 e. The second-order valence-electron chi connectivity index (χ2n) is 9.04. The molecule has 0 aliphatic carbocycles. The van der Waals surface area contributed by atoms with Crippen molar-refractivity contribution < 1.29 is 27.8 Å². The van der Waals surface area contributed by atoms with Gasteiger partial charge in [0.05, 0.1) is 39.1 Å². The molecule has 1 N–H and O–H groups in total. The molecule has 0 saturated carbocycles. The number of thiophene rings is 1. The minimum absolute atomic E-state index is 0.0141. The average Bonchev–Trinajstić information content (AvgIpc) is 3.30. The summed E-state index contributed by atoms with van der Waals surface area (Å²) >= 11 is 7.54. The molecule has 0 radical (unpaired) electrons. The van der Waals surface area contributed by atoms with Gasteiger partial charge in [-0.3, -0.25) is 14.3 Å². The summed E-state index contributed by atoms with van der Waals surface area (Å²) in [6.07, 6.45) is -4.61. The molecule has 0 bridgehead atoms. The van der Waals surface area contributed by atoms with Gasteiger partial charge in [0, 0.05) is 27.2 Å². The van der Waals surface area contributed by atoms with Crippen molar-refractivity contribution in [3.05, 3.63) is 79.4 Å². The van der Waals surface area contributed by atoms with E-state index in [0.29, 0.717) is 37.8 Å². The maximum atomic E-state index is 13.3. The van der Waals surface area contributed by atoms with E-state index in [0.717, 1.165) is 6.07 Å². The van der Waals surface area contributed by atoms with Crippen LogP contribution in [0.1, 0.15) is 33.1 Å². The zero-order valence-electron chi connectivity index (χ0n) is 21.3. The molecule has 8 nitrogen and oxygen atoms in total. The van der Waals surface area contributed by atoms with E-state index >= 15 is 0 Å². The van der Waals surface area contributed by atoms with E-state index in [1.165, 1.54) is 35.1 Å². The Morgan fingerprint density at radius 1 is 1.07 bits per heavy atom. The van der Waals surface area contributed by atoms with Gasteiger partial charge in [-0.05, 0) is 51.1 Å². The maximum absolute atomic E-state index is 13.3. The third-order valence-electron chi connectivity index (χ3n) is 6.30. The van der Waals surface area contributed by atoms with Crippen LogP contribution in [0.3, 0.4) is 0 Å². The highest BCUT2D eigenvalue weighted by Crippen LogP contribution is 2.40. The van der Waals surface area contributed by atoms with Crippen LogP contribution in [0.4, 0.5) is 13.2 Å². The lowest BCUT2D eigenvalue weighted by Crippen LogP contribution is -2.27. The number of carbonyl (C=O) groups is 1. The molecule has 206 valence electrons. The number of rotatable bonds is 6. The largest absolute Gasteiger partial charge is 0.491 e. The summed E-state index contributed by atoms with van der Waals surface area (Å²) in [5.41, 5.74) is 0.243. The Morgan fingerprint density at radius 3 is 2.52 bits per heavy atom. The second-order valence-corrected chi connectivity index (χ2v) is 10.4. The average molecular weight is 589 g/mol. The fourth-order valence-electron chi connectivity index (χ4n) is 4.47. The smallest absolute Gasteiger partial charge is 0.418 e. The van der Waals surface area contributed by atoms with Crippen LogP contribution in [0.25, 0.3) is 32.4 Å². The molecule has 1 aromatic carbocycles. The van der Waals surface area contributed by atoms with Crippen LogP contribution in [0.5, 0.6) is 5.75 Å². The summed E-state index contributed by atoms with van der Waals surface area (Å²) in [5, 5.41) is 11.5. The lowest BCUT2D eigenvalue weighted by Gasteiger charge is -2.16. The van der Waals surface area contributed by atoms with Gasteiger partial charge >= 0.3 is 12.1 Å². The Bertz CT molecular complexity index is 1880. The molecule has 0 spiro atoms. The number of aromatic nitrogens is 4. The van der Waals surface area contributed by atoms with Gasteiger partial charge in [-0.25, -0.2) is 14.8 Å². The van der Waals surface area contributed by atoms with Gasteiger partial charge in [0.1, 0.15) is 18.2 Å². The number of aryl methyl sites for hydroxylation is 3. The third-order valence-corrected chi connectivity index (χ3v) is 7.54. The molecule has 0 unspecified atom stereocenters. The van der Waals surface area contributed by atoms with Crippen molar-refractivity contribution in [2.24, 2.45) is 0 Å². The molecular formula is C27H20ClF3N4O4S. The van der Waals surface area contributed by atoms with Crippen LogP contribution < -0.4 is 10.3 Å². The number of carboxylic acids is 1. The third kappa shape index (κ3) is 5.00. The van der Waals surface area contributed by atoms with E-state index in [-0.39, 0.29) is 41.3 Å². The second kappa shape index (κ2) is 10.2. The Kier molecular flexibility index (Phi) is 7.01. The quantitative estimate of drug-likeness (QED) is 0.243. The lowest BCUT2D eigenvalue weighted by molar-refractivity contribution is -0.138. The number of halogens is 4. The Labute approximate surface area is 233 Å². The van der Waals surface area contributed by atoms with Crippen molar-refractivity contribution in [1.29, 1.82) is 0 Å². The number of pyridine rings is 2. The molecule has 4 heterocycles. The zero-order chi connectivity index (χ0) is 28.9. The van der Waals surface area contributed by atoms with Crippen LogP contribution in [-0.4, -0.2) is 37.2 Å². The first-order chi connectivity index (χ1) is 18.8. The SMILES string of the molecule is Cc1cc(-c2cc(Cl)ccc2OCCn2c(C)nc3cc(C(F)(F)F)c(C)nc3c2=O)c2scc(C(=O)O)c2n1. The van der Waals surface area contributed by atoms with Crippen molar-refractivity contribution in [1.82, 2.24) is 19.5 Å². The van der Waals surface area contributed by atoms with Crippen molar-refractivity contribution in [2.75, 3.05) is 6.61 Å². The number of benzene rings is 1. The Balaban J connectivity index is 1.49. The van der Waals surface area contributed by atoms with Crippen molar-refractivity contribution in [3.8, 4) is 16.9 Å².